The van der Waals surface area contributed by atoms with Crippen LogP contribution in [-0.2, 0) is 0 Å². The zero-order valence-electron chi connectivity index (χ0n) is 9.83. The van der Waals surface area contributed by atoms with Crippen LogP contribution in [0.3, 0.4) is 0 Å². The van der Waals surface area contributed by atoms with Crippen molar-refractivity contribution in [3.8, 4) is 0 Å². The standard InChI is InChI=1S/C13H14ClFN2S/c14-9-4-5-12(10(15)6-9)17-13-16-11-3-1-2-8(11)7-18-13/h4-6,8,11H,1-3,7H2,(H,16,17). The average molecular weight is 285 g/mol. The Hall–Kier alpha value is -0.740. The molecule has 2 nitrogen and oxygen atoms in total. The number of fused-ring (bicyclic) bond motifs is 1. The lowest BCUT2D eigenvalue weighted by Gasteiger charge is -2.23. The molecule has 96 valence electrons. The lowest BCUT2D eigenvalue weighted by Crippen LogP contribution is -2.25. The van der Waals surface area contributed by atoms with Crippen LogP contribution in [-0.4, -0.2) is 17.0 Å². The van der Waals surface area contributed by atoms with Gasteiger partial charge in [-0.05, 0) is 37.0 Å². The number of benzene rings is 1. The Bertz CT molecular complexity index is 492. The topological polar surface area (TPSA) is 24.4 Å². The van der Waals surface area contributed by atoms with Crippen LogP contribution in [0.2, 0.25) is 5.02 Å². The van der Waals surface area contributed by atoms with Crippen molar-refractivity contribution in [3.05, 3.63) is 29.0 Å². The SMILES string of the molecule is Fc1cc(Cl)ccc1NC1=NC2CCCC2CS1. The second kappa shape index (κ2) is 5.10. The van der Waals surface area contributed by atoms with Crippen LogP contribution in [0.4, 0.5) is 10.1 Å². The van der Waals surface area contributed by atoms with E-state index >= 15 is 0 Å². The monoisotopic (exact) mass is 284 g/mol. The lowest BCUT2D eigenvalue weighted by molar-refractivity contribution is 0.535. The highest BCUT2D eigenvalue weighted by Crippen LogP contribution is 2.35. The first-order chi connectivity index (χ1) is 8.72. The summed E-state index contributed by atoms with van der Waals surface area (Å²) < 4.78 is 13.7. The second-order valence-corrected chi connectivity index (χ2v) is 6.20. The fraction of sp³-hybridized carbons (Fsp3) is 0.462. The molecule has 0 bridgehead atoms. The molecule has 5 heteroatoms. The number of aliphatic imine (C=N–C) groups is 1. The predicted octanol–water partition coefficient (Wildman–Crippen LogP) is 4.16. The number of hydrogen-bond donors (Lipinski definition) is 1. The first-order valence-electron chi connectivity index (χ1n) is 6.15. The zero-order chi connectivity index (χ0) is 12.5. The number of amidine groups is 1. The fourth-order valence-corrected chi connectivity index (χ4v) is 3.84. The molecular formula is C13H14ClFN2S. The maximum Gasteiger partial charge on any atom is 0.161 e. The van der Waals surface area contributed by atoms with Gasteiger partial charge in [-0.2, -0.15) is 0 Å². The van der Waals surface area contributed by atoms with E-state index < -0.39 is 0 Å². The molecule has 18 heavy (non-hydrogen) atoms. The van der Waals surface area contributed by atoms with Crippen LogP contribution in [0.5, 0.6) is 0 Å². The summed E-state index contributed by atoms with van der Waals surface area (Å²) in [7, 11) is 0. The summed E-state index contributed by atoms with van der Waals surface area (Å²) in [4.78, 5) is 4.67. The Morgan fingerprint density at radius 3 is 3.11 bits per heavy atom. The quantitative estimate of drug-likeness (QED) is 0.837. The number of anilines is 1. The van der Waals surface area contributed by atoms with Gasteiger partial charge in [-0.1, -0.05) is 29.8 Å². The maximum atomic E-state index is 13.7. The molecule has 0 aromatic heterocycles. The fourth-order valence-electron chi connectivity index (χ4n) is 2.53. The summed E-state index contributed by atoms with van der Waals surface area (Å²) in [6.45, 7) is 0. The molecule has 0 spiro atoms. The summed E-state index contributed by atoms with van der Waals surface area (Å²) in [5.74, 6) is 1.47. The normalized spacial score (nSPS) is 26.7. The van der Waals surface area contributed by atoms with Crippen LogP contribution in [0.1, 0.15) is 19.3 Å². The third-order valence-corrected chi connectivity index (χ3v) is 4.82. The Kier molecular flexibility index (Phi) is 3.48. The third-order valence-electron chi connectivity index (χ3n) is 3.51. The molecule has 2 aliphatic rings. The van der Waals surface area contributed by atoms with Crippen molar-refractivity contribution in [2.45, 2.75) is 25.3 Å². The molecule has 1 N–H and O–H groups in total. The molecule has 1 aromatic carbocycles. The van der Waals surface area contributed by atoms with Crippen LogP contribution >= 0.6 is 23.4 Å². The van der Waals surface area contributed by atoms with Gasteiger partial charge in [-0.25, -0.2) is 4.39 Å². The van der Waals surface area contributed by atoms with Gasteiger partial charge in [0.05, 0.1) is 11.7 Å². The summed E-state index contributed by atoms with van der Waals surface area (Å²) in [5.41, 5.74) is 0.446. The van der Waals surface area contributed by atoms with Crippen LogP contribution in [0, 0.1) is 11.7 Å². The molecule has 1 saturated carbocycles. The van der Waals surface area contributed by atoms with Gasteiger partial charge < -0.3 is 5.32 Å². The Labute approximate surface area is 115 Å². The summed E-state index contributed by atoms with van der Waals surface area (Å²) in [6, 6.07) is 5.08. The average Bonchev–Trinajstić information content (AvgIpc) is 2.80. The number of nitrogens with one attached hydrogen (secondary N) is 1. The molecule has 1 aliphatic heterocycles. The van der Waals surface area contributed by atoms with Crippen molar-refractivity contribution in [2.75, 3.05) is 11.1 Å². The van der Waals surface area contributed by atoms with Crippen LogP contribution < -0.4 is 5.32 Å². The number of rotatable bonds is 1. The first-order valence-corrected chi connectivity index (χ1v) is 7.51. The first kappa shape index (κ1) is 12.3. The van der Waals surface area contributed by atoms with E-state index in [0.29, 0.717) is 16.8 Å². The molecule has 0 amide bonds. The Morgan fingerprint density at radius 2 is 2.28 bits per heavy atom. The van der Waals surface area contributed by atoms with Crippen molar-refractivity contribution >= 4 is 34.2 Å². The highest BCUT2D eigenvalue weighted by molar-refractivity contribution is 8.14. The number of hydrogen-bond acceptors (Lipinski definition) is 3. The van der Waals surface area contributed by atoms with E-state index in [2.05, 4.69) is 10.3 Å². The molecule has 3 rings (SSSR count). The van der Waals surface area contributed by atoms with E-state index in [0.717, 1.165) is 16.8 Å². The van der Waals surface area contributed by atoms with E-state index in [1.807, 2.05) is 0 Å². The third kappa shape index (κ3) is 2.50. The van der Waals surface area contributed by atoms with Gasteiger partial charge in [0, 0.05) is 10.8 Å². The molecule has 1 heterocycles. The summed E-state index contributed by atoms with van der Waals surface area (Å²) >= 11 is 7.42. The van der Waals surface area contributed by atoms with E-state index in [1.165, 1.54) is 25.3 Å². The van der Waals surface area contributed by atoms with Crippen molar-refractivity contribution in [2.24, 2.45) is 10.9 Å². The predicted molar refractivity (Wildman–Crippen MR) is 76.1 cm³/mol. The lowest BCUT2D eigenvalue weighted by atomic mass is 10.1. The number of nitrogens with zero attached hydrogens (tertiary/aromatic N) is 1. The van der Waals surface area contributed by atoms with Gasteiger partial charge >= 0.3 is 0 Å². The molecule has 0 radical (unpaired) electrons. The maximum absolute atomic E-state index is 13.7. The Morgan fingerprint density at radius 1 is 1.39 bits per heavy atom. The highest BCUT2D eigenvalue weighted by Gasteiger charge is 2.31. The van der Waals surface area contributed by atoms with E-state index in [4.69, 9.17) is 11.6 Å². The van der Waals surface area contributed by atoms with E-state index in [1.54, 1.807) is 23.9 Å². The van der Waals surface area contributed by atoms with Crippen molar-refractivity contribution in [1.82, 2.24) is 0 Å². The van der Waals surface area contributed by atoms with Gasteiger partial charge in [-0.15, -0.1) is 0 Å². The van der Waals surface area contributed by atoms with Gasteiger partial charge in [0.25, 0.3) is 0 Å². The largest absolute Gasteiger partial charge is 0.333 e. The molecule has 1 aromatic rings. The summed E-state index contributed by atoms with van der Waals surface area (Å²) in [5, 5.41) is 4.31. The van der Waals surface area contributed by atoms with Gasteiger partial charge in [0.2, 0.25) is 0 Å². The summed E-state index contributed by atoms with van der Waals surface area (Å²) in [6.07, 6.45) is 3.71. The second-order valence-electron chi connectivity index (χ2n) is 4.75. The highest BCUT2D eigenvalue weighted by atomic mass is 35.5. The molecule has 0 saturated heterocycles. The minimum Gasteiger partial charge on any atom is -0.333 e. The molecular weight excluding hydrogens is 271 g/mol. The van der Waals surface area contributed by atoms with Crippen molar-refractivity contribution in [1.29, 1.82) is 0 Å². The van der Waals surface area contributed by atoms with E-state index in [9.17, 15) is 4.39 Å². The van der Waals surface area contributed by atoms with E-state index in [-0.39, 0.29) is 5.82 Å². The van der Waals surface area contributed by atoms with Crippen molar-refractivity contribution < 1.29 is 4.39 Å². The van der Waals surface area contributed by atoms with Gasteiger partial charge in [0.1, 0.15) is 5.82 Å². The molecule has 2 atom stereocenters. The molecule has 1 aliphatic carbocycles. The van der Waals surface area contributed by atoms with Crippen molar-refractivity contribution in [3.63, 3.8) is 0 Å². The smallest absolute Gasteiger partial charge is 0.161 e. The Balaban J connectivity index is 1.76. The number of halogens is 2. The molecule has 2 unspecified atom stereocenters. The minimum absolute atomic E-state index is 0.334. The van der Waals surface area contributed by atoms with Crippen LogP contribution in [0.25, 0.3) is 0 Å². The molecule has 1 fully saturated rings. The number of thioether (sulfide) groups is 1. The van der Waals surface area contributed by atoms with Gasteiger partial charge in [-0.3, -0.25) is 4.99 Å². The van der Waals surface area contributed by atoms with Gasteiger partial charge in [0.15, 0.2) is 5.17 Å². The minimum atomic E-state index is -0.334. The zero-order valence-corrected chi connectivity index (χ0v) is 11.4. The van der Waals surface area contributed by atoms with Crippen LogP contribution in [0.15, 0.2) is 23.2 Å².